The number of amides is 2. The van der Waals surface area contributed by atoms with Gasteiger partial charge in [-0.25, -0.2) is 0 Å². The maximum atomic E-state index is 12.8. The Kier molecular flexibility index (Phi) is 4.27. The fourth-order valence-corrected chi connectivity index (χ4v) is 4.24. The van der Waals surface area contributed by atoms with Gasteiger partial charge in [0.15, 0.2) is 0 Å². The first-order valence-electron chi connectivity index (χ1n) is 9.26. The van der Waals surface area contributed by atoms with Crippen molar-refractivity contribution in [3.8, 4) is 0 Å². The summed E-state index contributed by atoms with van der Waals surface area (Å²) in [5.74, 6) is -0.683. The van der Waals surface area contributed by atoms with Crippen molar-refractivity contribution in [1.82, 2.24) is 9.80 Å². The number of nitrogens with zero attached hydrogens (tertiary/aromatic N) is 2. The first kappa shape index (κ1) is 17.7. The SMILES string of the molecule is CN(C)CC1(c2cccc(CN3C(=O)c4ccc[c]c4C3C(N)=O)c2)CC1. The molecule has 0 aromatic heterocycles. The van der Waals surface area contributed by atoms with Crippen molar-refractivity contribution in [2.75, 3.05) is 20.6 Å². The lowest BCUT2D eigenvalue weighted by Gasteiger charge is -2.24. The number of carbonyl (C=O) groups is 2. The minimum Gasteiger partial charge on any atom is -0.368 e. The van der Waals surface area contributed by atoms with E-state index in [9.17, 15) is 9.59 Å². The largest absolute Gasteiger partial charge is 0.368 e. The molecule has 5 heteroatoms. The van der Waals surface area contributed by atoms with Gasteiger partial charge in [0.05, 0.1) is 0 Å². The maximum Gasteiger partial charge on any atom is 0.255 e. The monoisotopic (exact) mass is 362 g/mol. The molecule has 1 atom stereocenters. The molecule has 2 amide bonds. The third kappa shape index (κ3) is 3.12. The zero-order valence-electron chi connectivity index (χ0n) is 15.7. The second-order valence-electron chi connectivity index (χ2n) is 7.95. The molecule has 2 aromatic rings. The molecule has 139 valence electrons. The maximum absolute atomic E-state index is 12.8. The van der Waals surface area contributed by atoms with E-state index in [0.717, 1.165) is 12.1 Å². The molecule has 5 nitrogen and oxygen atoms in total. The zero-order valence-corrected chi connectivity index (χ0v) is 15.7. The first-order chi connectivity index (χ1) is 12.9. The standard InChI is InChI=1S/C22H24N3O2/c1-24(2)14-22(10-11-22)16-7-5-6-15(12-16)13-25-19(20(23)26)17-8-3-4-9-18(17)21(25)27/h3-7,9,12,19H,10-11,13-14H2,1-2H3,(H2,23,26). The van der Waals surface area contributed by atoms with Gasteiger partial charge < -0.3 is 15.5 Å². The summed E-state index contributed by atoms with van der Waals surface area (Å²) in [6, 6.07) is 15.9. The first-order valence-corrected chi connectivity index (χ1v) is 9.26. The summed E-state index contributed by atoms with van der Waals surface area (Å²) in [4.78, 5) is 28.7. The summed E-state index contributed by atoms with van der Waals surface area (Å²) < 4.78 is 0. The highest BCUT2D eigenvalue weighted by molar-refractivity contribution is 6.04. The van der Waals surface area contributed by atoms with Crippen molar-refractivity contribution >= 4 is 11.8 Å². The van der Waals surface area contributed by atoms with Crippen LogP contribution in [0.4, 0.5) is 0 Å². The van der Waals surface area contributed by atoms with Crippen LogP contribution in [0, 0.1) is 6.07 Å². The van der Waals surface area contributed by atoms with Crippen LogP contribution in [0.25, 0.3) is 0 Å². The summed E-state index contributed by atoms with van der Waals surface area (Å²) in [6.07, 6.45) is 2.36. The third-order valence-corrected chi connectivity index (χ3v) is 5.60. The van der Waals surface area contributed by atoms with Gasteiger partial charge >= 0.3 is 0 Å². The van der Waals surface area contributed by atoms with Gasteiger partial charge in [-0.05, 0) is 50.2 Å². The van der Waals surface area contributed by atoms with Crippen molar-refractivity contribution < 1.29 is 9.59 Å². The Bertz CT molecular complexity index is 902. The molecule has 0 bridgehead atoms. The second kappa shape index (κ2) is 6.50. The van der Waals surface area contributed by atoms with E-state index in [-0.39, 0.29) is 11.3 Å². The Hall–Kier alpha value is -2.66. The van der Waals surface area contributed by atoms with Crippen LogP contribution in [0.1, 0.15) is 45.9 Å². The molecule has 2 N–H and O–H groups in total. The quantitative estimate of drug-likeness (QED) is 0.857. The van der Waals surface area contributed by atoms with E-state index in [0.29, 0.717) is 17.7 Å². The highest BCUT2D eigenvalue weighted by atomic mass is 16.2. The predicted octanol–water partition coefficient (Wildman–Crippen LogP) is 2.26. The Labute approximate surface area is 159 Å². The molecule has 0 saturated heterocycles. The van der Waals surface area contributed by atoms with E-state index >= 15 is 0 Å². The van der Waals surface area contributed by atoms with E-state index in [1.54, 1.807) is 23.1 Å². The minimum absolute atomic E-state index is 0.162. The van der Waals surface area contributed by atoms with Crippen molar-refractivity contribution in [3.63, 3.8) is 0 Å². The number of fused-ring (bicyclic) bond motifs is 1. The highest BCUT2D eigenvalue weighted by Gasteiger charge is 2.45. The number of hydrogen-bond donors (Lipinski definition) is 1. The molecular weight excluding hydrogens is 338 g/mol. The van der Waals surface area contributed by atoms with Crippen molar-refractivity contribution in [2.45, 2.75) is 30.8 Å². The Morgan fingerprint density at radius 3 is 2.74 bits per heavy atom. The lowest BCUT2D eigenvalue weighted by molar-refractivity contribution is -0.122. The molecule has 27 heavy (non-hydrogen) atoms. The fraction of sp³-hybridized carbons (Fsp3) is 0.364. The summed E-state index contributed by atoms with van der Waals surface area (Å²) in [5, 5.41) is 0. The number of rotatable bonds is 6. The van der Waals surface area contributed by atoms with Gasteiger partial charge in [-0.15, -0.1) is 0 Å². The van der Waals surface area contributed by atoms with Gasteiger partial charge in [-0.2, -0.15) is 0 Å². The van der Waals surface area contributed by atoms with Crippen LogP contribution in [0.5, 0.6) is 0 Å². The van der Waals surface area contributed by atoms with Crippen molar-refractivity contribution in [3.05, 3.63) is 70.8 Å². The lowest BCUT2D eigenvalue weighted by atomic mass is 9.93. The average Bonchev–Trinajstić information content (AvgIpc) is 3.35. The number of primary amides is 1. The highest BCUT2D eigenvalue weighted by Crippen LogP contribution is 2.48. The normalized spacial score (nSPS) is 20.0. The van der Waals surface area contributed by atoms with Crippen LogP contribution in [0.15, 0.2) is 42.5 Å². The topological polar surface area (TPSA) is 66.6 Å². The molecule has 2 aromatic carbocycles. The van der Waals surface area contributed by atoms with Gasteiger partial charge in [-0.3, -0.25) is 9.59 Å². The Morgan fingerprint density at radius 2 is 2.07 bits per heavy atom. The molecule has 1 unspecified atom stereocenters. The molecule has 4 rings (SSSR count). The number of hydrogen-bond acceptors (Lipinski definition) is 3. The minimum atomic E-state index is -0.756. The lowest BCUT2D eigenvalue weighted by Crippen LogP contribution is -2.35. The third-order valence-electron chi connectivity index (χ3n) is 5.60. The van der Waals surface area contributed by atoms with Gasteiger partial charge in [0, 0.05) is 29.6 Å². The average molecular weight is 362 g/mol. The summed E-state index contributed by atoms with van der Waals surface area (Å²) in [7, 11) is 4.19. The molecule has 1 heterocycles. The number of likely N-dealkylation sites (N-methyl/N-ethyl adjacent to an activating group) is 1. The molecule has 1 radical (unpaired) electrons. The van der Waals surface area contributed by atoms with E-state index in [2.05, 4.69) is 37.2 Å². The fourth-order valence-electron chi connectivity index (χ4n) is 4.24. The van der Waals surface area contributed by atoms with E-state index in [1.807, 2.05) is 12.1 Å². The van der Waals surface area contributed by atoms with Crippen LogP contribution in [-0.2, 0) is 16.8 Å². The molecular formula is C22H24N3O2. The van der Waals surface area contributed by atoms with Gasteiger partial charge in [-0.1, -0.05) is 36.4 Å². The van der Waals surface area contributed by atoms with E-state index < -0.39 is 11.9 Å². The summed E-state index contributed by atoms with van der Waals surface area (Å²) in [6.45, 7) is 1.38. The zero-order chi connectivity index (χ0) is 19.2. The number of benzene rings is 2. The molecule has 0 spiro atoms. The Balaban J connectivity index is 1.62. The number of nitrogens with two attached hydrogens (primary N) is 1. The van der Waals surface area contributed by atoms with Crippen LogP contribution in [0.2, 0.25) is 0 Å². The number of carbonyl (C=O) groups excluding carboxylic acids is 2. The van der Waals surface area contributed by atoms with Crippen molar-refractivity contribution in [2.24, 2.45) is 5.73 Å². The van der Waals surface area contributed by atoms with Crippen LogP contribution >= 0.6 is 0 Å². The smallest absolute Gasteiger partial charge is 0.255 e. The molecule has 2 aliphatic rings. The summed E-state index contributed by atoms with van der Waals surface area (Å²) in [5.41, 5.74) is 9.26. The molecule has 1 aliphatic carbocycles. The molecule has 1 fully saturated rings. The van der Waals surface area contributed by atoms with Gasteiger partial charge in [0.1, 0.15) is 6.04 Å². The van der Waals surface area contributed by atoms with Crippen molar-refractivity contribution in [1.29, 1.82) is 0 Å². The molecule has 1 saturated carbocycles. The second-order valence-corrected chi connectivity index (χ2v) is 7.95. The molecule has 1 aliphatic heterocycles. The van der Waals surface area contributed by atoms with E-state index in [1.165, 1.54) is 18.4 Å². The van der Waals surface area contributed by atoms with E-state index in [4.69, 9.17) is 5.73 Å². The van der Waals surface area contributed by atoms with Crippen LogP contribution in [-0.4, -0.2) is 42.3 Å². The summed E-state index contributed by atoms with van der Waals surface area (Å²) >= 11 is 0. The Morgan fingerprint density at radius 1 is 1.30 bits per heavy atom. The predicted molar refractivity (Wildman–Crippen MR) is 103 cm³/mol. The van der Waals surface area contributed by atoms with Gasteiger partial charge in [0.2, 0.25) is 5.91 Å². The van der Waals surface area contributed by atoms with Crippen LogP contribution < -0.4 is 5.73 Å². The van der Waals surface area contributed by atoms with Crippen LogP contribution in [0.3, 0.4) is 0 Å². The van der Waals surface area contributed by atoms with Gasteiger partial charge in [0.25, 0.3) is 5.91 Å².